The Bertz CT molecular complexity index is 1100. The maximum atomic E-state index is 13.0. The summed E-state index contributed by atoms with van der Waals surface area (Å²) in [6.07, 6.45) is 1.33. The van der Waals surface area contributed by atoms with E-state index >= 15 is 0 Å². The molecule has 1 N–H and O–H groups in total. The van der Waals surface area contributed by atoms with Gasteiger partial charge < -0.3 is 4.74 Å². The zero-order valence-electron chi connectivity index (χ0n) is 15.5. The van der Waals surface area contributed by atoms with Crippen molar-refractivity contribution in [3.05, 3.63) is 46.4 Å². The monoisotopic (exact) mass is 488 g/mol. The molecule has 1 aliphatic heterocycles. The molecule has 7 nitrogen and oxygen atoms in total. The number of hydrogen-bond acceptors (Lipinski definition) is 5. The van der Waals surface area contributed by atoms with Crippen LogP contribution in [0.2, 0.25) is 0 Å². The molecule has 10 heteroatoms. The summed E-state index contributed by atoms with van der Waals surface area (Å²) in [5, 5.41) is 0. The molecule has 0 radical (unpaired) electrons. The van der Waals surface area contributed by atoms with Crippen LogP contribution in [0.4, 0.5) is 11.4 Å². The van der Waals surface area contributed by atoms with Crippen LogP contribution in [-0.4, -0.2) is 36.2 Å². The van der Waals surface area contributed by atoms with Crippen LogP contribution in [0.5, 0.6) is 5.75 Å². The quantitative estimate of drug-likeness (QED) is 0.694. The fourth-order valence-electron chi connectivity index (χ4n) is 3.03. The van der Waals surface area contributed by atoms with Crippen molar-refractivity contribution in [3.63, 3.8) is 0 Å². The van der Waals surface area contributed by atoms with E-state index in [0.717, 1.165) is 16.5 Å². The molecular formula is C18H21BrN2O5S2. The second-order valence-electron chi connectivity index (χ2n) is 6.50. The normalized spacial score (nSPS) is 16.6. The lowest BCUT2D eigenvalue weighted by Gasteiger charge is -2.28. The minimum Gasteiger partial charge on any atom is -0.495 e. The van der Waals surface area contributed by atoms with Crippen LogP contribution in [0.1, 0.15) is 18.4 Å². The van der Waals surface area contributed by atoms with Crippen molar-refractivity contribution in [2.24, 2.45) is 0 Å². The highest BCUT2D eigenvalue weighted by atomic mass is 79.9. The van der Waals surface area contributed by atoms with Crippen LogP contribution < -0.4 is 13.8 Å². The number of nitrogens with zero attached hydrogens (tertiary/aromatic N) is 1. The number of nitrogens with one attached hydrogen (secondary N) is 1. The first kappa shape index (κ1) is 20.9. The smallest absolute Gasteiger partial charge is 0.265 e. The van der Waals surface area contributed by atoms with E-state index in [1.54, 1.807) is 24.3 Å². The molecule has 2 aromatic rings. The minimum absolute atomic E-state index is 0.0531. The Labute approximate surface area is 173 Å². The van der Waals surface area contributed by atoms with E-state index < -0.39 is 20.0 Å². The van der Waals surface area contributed by atoms with Gasteiger partial charge in [0.05, 0.1) is 18.6 Å². The van der Waals surface area contributed by atoms with E-state index in [4.69, 9.17) is 4.74 Å². The summed E-state index contributed by atoms with van der Waals surface area (Å²) in [4.78, 5) is -0.117. The first-order valence-corrected chi connectivity index (χ1v) is 12.5. The number of halogens is 1. The fourth-order valence-corrected chi connectivity index (χ4v) is 6.15. The maximum absolute atomic E-state index is 13.0. The number of sulfonamides is 2. The van der Waals surface area contributed by atoms with E-state index in [-0.39, 0.29) is 16.4 Å². The highest BCUT2D eigenvalue weighted by Crippen LogP contribution is 2.33. The van der Waals surface area contributed by atoms with Gasteiger partial charge in [0.15, 0.2) is 0 Å². The molecule has 0 aliphatic carbocycles. The molecule has 0 amide bonds. The van der Waals surface area contributed by atoms with Crippen LogP contribution in [0.3, 0.4) is 0 Å². The van der Waals surface area contributed by atoms with Gasteiger partial charge >= 0.3 is 0 Å². The van der Waals surface area contributed by atoms with Gasteiger partial charge in [0, 0.05) is 16.7 Å². The molecule has 1 saturated heterocycles. The summed E-state index contributed by atoms with van der Waals surface area (Å²) in [5.74, 6) is 0.192. The zero-order valence-corrected chi connectivity index (χ0v) is 18.7. The molecular weight excluding hydrogens is 468 g/mol. The average Bonchev–Trinajstić information content (AvgIpc) is 2.64. The Kier molecular flexibility index (Phi) is 5.92. The van der Waals surface area contributed by atoms with Gasteiger partial charge in [-0.3, -0.25) is 9.03 Å². The number of benzene rings is 2. The van der Waals surface area contributed by atoms with Crippen molar-refractivity contribution in [1.82, 2.24) is 0 Å². The van der Waals surface area contributed by atoms with Gasteiger partial charge in [-0.1, -0.05) is 15.9 Å². The van der Waals surface area contributed by atoms with E-state index in [2.05, 4.69) is 20.7 Å². The van der Waals surface area contributed by atoms with Crippen molar-refractivity contribution in [1.29, 1.82) is 0 Å². The molecule has 3 rings (SSSR count). The largest absolute Gasteiger partial charge is 0.495 e. The maximum Gasteiger partial charge on any atom is 0.265 e. The predicted octanol–water partition coefficient (Wildman–Crippen LogP) is 3.50. The Balaban J connectivity index is 2.02. The Morgan fingerprint density at radius 2 is 1.89 bits per heavy atom. The highest BCUT2D eigenvalue weighted by Gasteiger charge is 2.28. The lowest BCUT2D eigenvalue weighted by atomic mass is 10.2. The van der Waals surface area contributed by atoms with E-state index in [1.165, 1.54) is 23.5 Å². The summed E-state index contributed by atoms with van der Waals surface area (Å²) in [6.45, 7) is 2.18. The van der Waals surface area contributed by atoms with Crippen molar-refractivity contribution in [3.8, 4) is 5.75 Å². The number of anilines is 2. The van der Waals surface area contributed by atoms with Gasteiger partial charge in [0.1, 0.15) is 10.6 Å². The molecule has 1 aliphatic rings. The zero-order chi connectivity index (χ0) is 20.5. The molecule has 0 spiro atoms. The molecule has 0 bridgehead atoms. The molecule has 2 aromatic carbocycles. The van der Waals surface area contributed by atoms with E-state index in [9.17, 15) is 16.8 Å². The lowest BCUT2D eigenvalue weighted by Crippen LogP contribution is -2.37. The van der Waals surface area contributed by atoms with Gasteiger partial charge in [-0.05, 0) is 61.7 Å². The summed E-state index contributed by atoms with van der Waals surface area (Å²) in [7, 11) is -6.08. The molecule has 152 valence electrons. The molecule has 0 saturated carbocycles. The summed E-state index contributed by atoms with van der Waals surface area (Å²) < 4.78 is 60.6. The van der Waals surface area contributed by atoms with Gasteiger partial charge in [0.2, 0.25) is 10.0 Å². The molecule has 1 fully saturated rings. The number of rotatable bonds is 5. The third kappa shape index (κ3) is 4.28. The van der Waals surface area contributed by atoms with Crippen LogP contribution in [0.15, 0.2) is 45.8 Å². The van der Waals surface area contributed by atoms with Gasteiger partial charge in [-0.25, -0.2) is 16.8 Å². The van der Waals surface area contributed by atoms with Gasteiger partial charge in [-0.2, -0.15) is 0 Å². The molecule has 0 unspecified atom stereocenters. The average molecular weight is 489 g/mol. The van der Waals surface area contributed by atoms with Crippen LogP contribution in [-0.2, 0) is 20.0 Å². The van der Waals surface area contributed by atoms with Crippen LogP contribution in [0.25, 0.3) is 0 Å². The molecule has 28 heavy (non-hydrogen) atoms. The summed E-state index contributed by atoms with van der Waals surface area (Å²) in [6, 6.07) is 9.47. The van der Waals surface area contributed by atoms with Crippen molar-refractivity contribution < 1.29 is 21.6 Å². The number of ether oxygens (including phenoxy) is 1. The van der Waals surface area contributed by atoms with Crippen molar-refractivity contribution >= 4 is 47.4 Å². The lowest BCUT2D eigenvalue weighted by molar-refractivity contribution is 0.403. The first-order valence-electron chi connectivity index (χ1n) is 8.61. The second kappa shape index (κ2) is 7.92. The Hall–Kier alpha value is -1.78. The van der Waals surface area contributed by atoms with Crippen molar-refractivity contribution in [2.45, 2.75) is 24.7 Å². The molecule has 1 heterocycles. The Morgan fingerprint density at radius 1 is 1.14 bits per heavy atom. The van der Waals surface area contributed by atoms with E-state index in [0.29, 0.717) is 24.3 Å². The number of methoxy groups -OCH3 is 1. The SMILES string of the molecule is COc1ccc(N2CCCCS2(=O)=O)cc1S(=O)(=O)Nc1ccc(Br)c(C)c1. The second-order valence-corrected chi connectivity index (χ2v) is 11.0. The number of hydrogen-bond donors (Lipinski definition) is 1. The van der Waals surface area contributed by atoms with Crippen molar-refractivity contribution in [2.75, 3.05) is 28.4 Å². The van der Waals surface area contributed by atoms with Gasteiger partial charge in [-0.15, -0.1) is 0 Å². The van der Waals surface area contributed by atoms with Crippen LogP contribution >= 0.6 is 15.9 Å². The van der Waals surface area contributed by atoms with Gasteiger partial charge in [0.25, 0.3) is 10.0 Å². The fraction of sp³-hybridized carbons (Fsp3) is 0.333. The Morgan fingerprint density at radius 3 is 2.54 bits per heavy atom. The third-order valence-electron chi connectivity index (χ3n) is 4.48. The number of aryl methyl sites for hydroxylation is 1. The third-order valence-corrected chi connectivity index (χ3v) is 8.65. The first-order chi connectivity index (χ1) is 13.1. The standard InChI is InChI=1S/C18H21BrN2O5S2/c1-13-11-14(5-7-16(13)19)20-28(24,25)18-12-15(6-8-17(18)26-2)21-9-3-4-10-27(21,22)23/h5-8,11-12,20H,3-4,9-10H2,1-2H3. The topological polar surface area (TPSA) is 92.8 Å². The predicted molar refractivity (Wildman–Crippen MR) is 113 cm³/mol. The minimum atomic E-state index is -4.00. The molecule has 0 aromatic heterocycles. The molecule has 0 atom stereocenters. The van der Waals surface area contributed by atoms with E-state index in [1.807, 2.05) is 6.92 Å². The highest BCUT2D eigenvalue weighted by molar-refractivity contribution is 9.10. The summed E-state index contributed by atoms with van der Waals surface area (Å²) >= 11 is 3.38. The van der Waals surface area contributed by atoms with Crippen LogP contribution in [0, 0.1) is 6.92 Å². The summed E-state index contributed by atoms with van der Waals surface area (Å²) in [5.41, 5.74) is 1.59.